The van der Waals surface area contributed by atoms with Gasteiger partial charge in [0.1, 0.15) is 5.75 Å². The Morgan fingerprint density at radius 3 is 2.54 bits per heavy atom. The van der Waals surface area contributed by atoms with Crippen LogP contribution >= 0.6 is 0 Å². The normalized spacial score (nSPS) is 18.2. The fourth-order valence-corrected chi connectivity index (χ4v) is 3.31. The van der Waals surface area contributed by atoms with E-state index < -0.39 is 6.09 Å². The van der Waals surface area contributed by atoms with Gasteiger partial charge in [-0.15, -0.1) is 0 Å². The van der Waals surface area contributed by atoms with Crippen LogP contribution in [-0.2, 0) is 0 Å². The van der Waals surface area contributed by atoms with Crippen molar-refractivity contribution < 1.29 is 14.3 Å². The van der Waals surface area contributed by atoms with Gasteiger partial charge in [0.05, 0.1) is 0 Å². The molecule has 1 aromatic rings. The number of likely N-dealkylation sites (tertiary alicyclic amines) is 1. The number of amides is 3. The molecule has 3 amide bonds. The lowest BCUT2D eigenvalue weighted by Crippen LogP contribution is -2.38. The van der Waals surface area contributed by atoms with Crippen LogP contribution in [0.2, 0.25) is 0 Å². The summed E-state index contributed by atoms with van der Waals surface area (Å²) in [5.74, 6) is 0.433. The molecule has 2 fully saturated rings. The van der Waals surface area contributed by atoms with Gasteiger partial charge in [-0.05, 0) is 37.8 Å². The van der Waals surface area contributed by atoms with E-state index >= 15 is 0 Å². The molecule has 2 N–H and O–H groups in total. The largest absolute Gasteiger partial charge is 0.412 e. The minimum Gasteiger partial charge on any atom is -0.410 e. The molecule has 0 radical (unpaired) electrons. The molecule has 0 unspecified atom stereocenters. The van der Waals surface area contributed by atoms with Crippen LogP contribution in [0.4, 0.5) is 15.3 Å². The molecule has 2 aliphatic rings. The number of rotatable bonds is 3. The van der Waals surface area contributed by atoms with Gasteiger partial charge in [0.15, 0.2) is 0 Å². The second-order valence-electron chi connectivity index (χ2n) is 6.52. The third kappa shape index (κ3) is 4.63. The van der Waals surface area contributed by atoms with Gasteiger partial charge in [0, 0.05) is 30.9 Å². The molecule has 1 saturated heterocycles. The highest BCUT2D eigenvalue weighted by Crippen LogP contribution is 2.20. The Balaban J connectivity index is 1.52. The van der Waals surface area contributed by atoms with E-state index in [9.17, 15) is 9.59 Å². The van der Waals surface area contributed by atoms with Crippen LogP contribution in [-0.4, -0.2) is 36.2 Å². The first-order valence-electron chi connectivity index (χ1n) is 8.85. The van der Waals surface area contributed by atoms with E-state index in [0.29, 0.717) is 11.4 Å². The van der Waals surface area contributed by atoms with Crippen molar-refractivity contribution in [2.24, 2.45) is 0 Å². The lowest BCUT2D eigenvalue weighted by atomic mass is 9.96. The average molecular weight is 331 g/mol. The van der Waals surface area contributed by atoms with Gasteiger partial charge >= 0.3 is 12.1 Å². The third-order valence-electron chi connectivity index (χ3n) is 4.62. The zero-order valence-corrected chi connectivity index (χ0v) is 13.9. The summed E-state index contributed by atoms with van der Waals surface area (Å²) in [6.07, 6.45) is 7.26. The predicted octanol–water partition coefficient (Wildman–Crippen LogP) is 3.74. The molecule has 0 atom stereocenters. The van der Waals surface area contributed by atoms with Crippen LogP contribution in [0.5, 0.6) is 5.75 Å². The zero-order chi connectivity index (χ0) is 16.8. The SMILES string of the molecule is O=C(NC1CCCCC1)Oc1cccc(NC(=O)N2CCCC2)c1. The Bertz CT molecular complexity index is 579. The molecular weight excluding hydrogens is 306 g/mol. The number of carbonyl (C=O) groups is 2. The minimum absolute atomic E-state index is 0.101. The summed E-state index contributed by atoms with van der Waals surface area (Å²) >= 11 is 0. The maximum atomic E-state index is 12.1. The first-order valence-corrected chi connectivity index (χ1v) is 8.85. The summed E-state index contributed by atoms with van der Waals surface area (Å²) in [5, 5.41) is 5.77. The number of hydrogen-bond donors (Lipinski definition) is 2. The predicted molar refractivity (Wildman–Crippen MR) is 92.3 cm³/mol. The van der Waals surface area contributed by atoms with Crippen LogP contribution in [0.3, 0.4) is 0 Å². The van der Waals surface area contributed by atoms with Crippen LogP contribution in [0.1, 0.15) is 44.9 Å². The number of nitrogens with zero attached hydrogens (tertiary/aromatic N) is 1. The Kier molecular flexibility index (Phi) is 5.56. The number of nitrogens with one attached hydrogen (secondary N) is 2. The highest BCUT2D eigenvalue weighted by molar-refractivity contribution is 5.89. The van der Waals surface area contributed by atoms with Crippen LogP contribution in [0.15, 0.2) is 24.3 Å². The molecule has 0 aromatic heterocycles. The molecule has 1 saturated carbocycles. The standard InChI is InChI=1S/C18H25N3O3/c22-17(21-11-4-5-12-21)19-15-9-6-10-16(13-15)24-18(23)20-14-7-2-1-3-8-14/h6,9-10,13-14H,1-5,7-8,11-12H2,(H,19,22)(H,20,23). The van der Waals surface area contributed by atoms with E-state index in [4.69, 9.17) is 4.74 Å². The van der Waals surface area contributed by atoms with E-state index in [1.165, 1.54) is 6.42 Å². The van der Waals surface area contributed by atoms with Crippen LogP contribution in [0, 0.1) is 0 Å². The van der Waals surface area contributed by atoms with E-state index in [-0.39, 0.29) is 12.1 Å². The van der Waals surface area contributed by atoms with Crippen molar-refractivity contribution in [2.45, 2.75) is 51.0 Å². The van der Waals surface area contributed by atoms with Gasteiger partial charge in [-0.25, -0.2) is 9.59 Å². The maximum absolute atomic E-state index is 12.1. The summed E-state index contributed by atoms with van der Waals surface area (Å²) in [7, 11) is 0. The molecule has 6 nitrogen and oxygen atoms in total. The van der Waals surface area contributed by atoms with Gasteiger partial charge < -0.3 is 20.3 Å². The van der Waals surface area contributed by atoms with Gasteiger partial charge in [0.2, 0.25) is 0 Å². The Labute approximate surface area is 142 Å². The zero-order valence-electron chi connectivity index (χ0n) is 13.9. The number of anilines is 1. The number of hydrogen-bond acceptors (Lipinski definition) is 3. The van der Waals surface area contributed by atoms with Gasteiger partial charge in [0.25, 0.3) is 0 Å². The second kappa shape index (κ2) is 8.04. The molecular formula is C18H25N3O3. The second-order valence-corrected chi connectivity index (χ2v) is 6.52. The lowest BCUT2D eigenvalue weighted by Gasteiger charge is -2.22. The number of urea groups is 1. The Morgan fingerprint density at radius 2 is 1.79 bits per heavy atom. The summed E-state index contributed by atoms with van der Waals surface area (Å²) in [4.78, 5) is 25.9. The molecule has 1 aliphatic carbocycles. The van der Waals surface area contributed by atoms with Crippen molar-refractivity contribution in [3.63, 3.8) is 0 Å². The smallest absolute Gasteiger partial charge is 0.410 e. The maximum Gasteiger partial charge on any atom is 0.412 e. The first-order chi connectivity index (χ1) is 11.7. The average Bonchev–Trinajstić information content (AvgIpc) is 3.10. The minimum atomic E-state index is -0.426. The van der Waals surface area contributed by atoms with Crippen LogP contribution in [0.25, 0.3) is 0 Å². The molecule has 6 heteroatoms. The van der Waals surface area contributed by atoms with Gasteiger partial charge in [-0.1, -0.05) is 25.3 Å². The topological polar surface area (TPSA) is 70.7 Å². The van der Waals surface area contributed by atoms with Crippen molar-refractivity contribution in [3.8, 4) is 5.75 Å². The summed E-state index contributed by atoms with van der Waals surface area (Å²) in [5.41, 5.74) is 0.634. The Hall–Kier alpha value is -2.24. The molecule has 1 heterocycles. The van der Waals surface area contributed by atoms with E-state index in [2.05, 4.69) is 10.6 Å². The molecule has 0 bridgehead atoms. The van der Waals surface area contributed by atoms with Crippen molar-refractivity contribution in [2.75, 3.05) is 18.4 Å². The monoisotopic (exact) mass is 331 g/mol. The number of ether oxygens (including phenoxy) is 1. The Morgan fingerprint density at radius 1 is 1.04 bits per heavy atom. The molecule has 1 aromatic carbocycles. The molecule has 130 valence electrons. The van der Waals surface area contributed by atoms with Crippen molar-refractivity contribution in [3.05, 3.63) is 24.3 Å². The number of carbonyl (C=O) groups excluding carboxylic acids is 2. The summed E-state index contributed by atoms with van der Waals surface area (Å²) in [6.45, 7) is 1.59. The molecule has 24 heavy (non-hydrogen) atoms. The summed E-state index contributed by atoms with van der Waals surface area (Å²) in [6, 6.07) is 7.06. The highest BCUT2D eigenvalue weighted by Gasteiger charge is 2.19. The van der Waals surface area contributed by atoms with E-state index in [1.807, 2.05) is 0 Å². The van der Waals surface area contributed by atoms with Crippen molar-refractivity contribution in [1.29, 1.82) is 0 Å². The van der Waals surface area contributed by atoms with E-state index in [0.717, 1.165) is 51.6 Å². The lowest BCUT2D eigenvalue weighted by molar-refractivity contribution is 0.192. The summed E-state index contributed by atoms with van der Waals surface area (Å²) < 4.78 is 5.35. The van der Waals surface area contributed by atoms with Crippen molar-refractivity contribution >= 4 is 17.8 Å². The van der Waals surface area contributed by atoms with Gasteiger partial charge in [-0.3, -0.25) is 0 Å². The third-order valence-corrected chi connectivity index (χ3v) is 4.62. The fraction of sp³-hybridized carbons (Fsp3) is 0.556. The highest BCUT2D eigenvalue weighted by atomic mass is 16.6. The quantitative estimate of drug-likeness (QED) is 0.886. The number of benzene rings is 1. The fourth-order valence-electron chi connectivity index (χ4n) is 3.31. The van der Waals surface area contributed by atoms with E-state index in [1.54, 1.807) is 29.2 Å². The van der Waals surface area contributed by atoms with Crippen molar-refractivity contribution in [1.82, 2.24) is 10.2 Å². The molecule has 3 rings (SSSR count). The molecule has 0 spiro atoms. The molecule has 1 aliphatic heterocycles. The van der Waals surface area contributed by atoms with Crippen LogP contribution < -0.4 is 15.4 Å². The van der Waals surface area contributed by atoms with Gasteiger partial charge in [-0.2, -0.15) is 0 Å². The first kappa shape index (κ1) is 16.6.